The standard InChI is InChI=1S/C12H14BrNO3/c1-16-10-4-2-3-9(11(10)13)12(15)14-5-7-17-8-6-14/h2-4H,5-8H2,1H3. The van der Waals surface area contributed by atoms with Crippen LogP contribution in [0.1, 0.15) is 10.4 Å². The lowest BCUT2D eigenvalue weighted by Crippen LogP contribution is -2.40. The summed E-state index contributed by atoms with van der Waals surface area (Å²) in [5.41, 5.74) is 0.631. The zero-order chi connectivity index (χ0) is 12.3. The third kappa shape index (κ3) is 2.61. The third-order valence-corrected chi connectivity index (χ3v) is 3.53. The molecule has 1 saturated heterocycles. The fourth-order valence-corrected chi connectivity index (χ4v) is 2.37. The van der Waals surface area contributed by atoms with Gasteiger partial charge >= 0.3 is 0 Å². The molecule has 0 aliphatic carbocycles. The summed E-state index contributed by atoms with van der Waals surface area (Å²) in [7, 11) is 1.59. The molecule has 1 aromatic carbocycles. The molecule has 17 heavy (non-hydrogen) atoms. The maximum Gasteiger partial charge on any atom is 0.255 e. The van der Waals surface area contributed by atoms with Crippen molar-refractivity contribution in [1.29, 1.82) is 0 Å². The van der Waals surface area contributed by atoms with Gasteiger partial charge in [-0.3, -0.25) is 4.79 Å². The molecule has 5 heteroatoms. The maximum atomic E-state index is 12.3. The number of methoxy groups -OCH3 is 1. The summed E-state index contributed by atoms with van der Waals surface area (Å²) in [6, 6.07) is 5.43. The van der Waals surface area contributed by atoms with Crippen LogP contribution in [0.25, 0.3) is 0 Å². The van der Waals surface area contributed by atoms with E-state index in [9.17, 15) is 4.79 Å². The highest BCUT2D eigenvalue weighted by molar-refractivity contribution is 9.10. The van der Waals surface area contributed by atoms with Crippen molar-refractivity contribution in [2.75, 3.05) is 33.4 Å². The predicted molar refractivity (Wildman–Crippen MR) is 67.4 cm³/mol. The van der Waals surface area contributed by atoms with Gasteiger partial charge in [-0.15, -0.1) is 0 Å². The number of hydrogen-bond acceptors (Lipinski definition) is 3. The molecule has 0 N–H and O–H groups in total. The number of carbonyl (C=O) groups excluding carboxylic acids is 1. The van der Waals surface area contributed by atoms with E-state index in [1.54, 1.807) is 18.1 Å². The number of benzene rings is 1. The lowest BCUT2D eigenvalue weighted by molar-refractivity contribution is 0.0302. The molecule has 1 fully saturated rings. The minimum absolute atomic E-state index is 0.0130. The van der Waals surface area contributed by atoms with Gasteiger partial charge < -0.3 is 14.4 Å². The van der Waals surface area contributed by atoms with E-state index >= 15 is 0 Å². The lowest BCUT2D eigenvalue weighted by atomic mass is 10.2. The van der Waals surface area contributed by atoms with Crippen LogP contribution >= 0.6 is 15.9 Å². The number of hydrogen-bond donors (Lipinski definition) is 0. The molecule has 1 aromatic rings. The number of ether oxygens (including phenoxy) is 2. The largest absolute Gasteiger partial charge is 0.496 e. The van der Waals surface area contributed by atoms with Crippen LogP contribution in [0.15, 0.2) is 22.7 Å². The van der Waals surface area contributed by atoms with Gasteiger partial charge in [-0.05, 0) is 28.1 Å². The first-order valence-corrected chi connectivity index (χ1v) is 6.23. The molecule has 0 radical (unpaired) electrons. The first-order valence-electron chi connectivity index (χ1n) is 5.43. The molecule has 0 saturated carbocycles. The molecule has 4 nitrogen and oxygen atoms in total. The van der Waals surface area contributed by atoms with Crippen molar-refractivity contribution in [2.24, 2.45) is 0 Å². The lowest BCUT2D eigenvalue weighted by Gasteiger charge is -2.27. The third-order valence-electron chi connectivity index (χ3n) is 2.71. The molecule has 0 spiro atoms. The summed E-state index contributed by atoms with van der Waals surface area (Å²) in [6.07, 6.45) is 0. The number of halogens is 1. The highest BCUT2D eigenvalue weighted by Gasteiger charge is 2.21. The van der Waals surface area contributed by atoms with E-state index in [1.807, 2.05) is 12.1 Å². The summed E-state index contributed by atoms with van der Waals surface area (Å²) >= 11 is 3.40. The van der Waals surface area contributed by atoms with Crippen LogP contribution in [-0.2, 0) is 4.74 Å². The topological polar surface area (TPSA) is 38.8 Å². The summed E-state index contributed by atoms with van der Waals surface area (Å²) in [5, 5.41) is 0. The molecular formula is C12H14BrNO3. The molecule has 92 valence electrons. The zero-order valence-corrected chi connectivity index (χ0v) is 11.2. The van der Waals surface area contributed by atoms with Crippen LogP contribution in [0.3, 0.4) is 0 Å². The molecule has 1 aliphatic rings. The van der Waals surface area contributed by atoms with Gasteiger partial charge in [0, 0.05) is 13.1 Å². The summed E-state index contributed by atoms with van der Waals surface area (Å²) in [5.74, 6) is 0.684. The van der Waals surface area contributed by atoms with Crippen molar-refractivity contribution in [3.8, 4) is 5.75 Å². The van der Waals surface area contributed by atoms with Crippen molar-refractivity contribution < 1.29 is 14.3 Å². The Morgan fingerprint density at radius 3 is 2.76 bits per heavy atom. The van der Waals surface area contributed by atoms with Gasteiger partial charge in [0.05, 0.1) is 30.4 Å². The maximum absolute atomic E-state index is 12.3. The van der Waals surface area contributed by atoms with E-state index in [4.69, 9.17) is 9.47 Å². The molecule has 2 rings (SSSR count). The molecule has 0 atom stereocenters. The first kappa shape index (κ1) is 12.4. The van der Waals surface area contributed by atoms with E-state index < -0.39 is 0 Å². The second-order valence-electron chi connectivity index (χ2n) is 3.73. The highest BCUT2D eigenvalue weighted by Crippen LogP contribution is 2.29. The predicted octanol–water partition coefficient (Wildman–Crippen LogP) is 1.93. The number of morpholine rings is 1. The molecule has 0 unspecified atom stereocenters. The van der Waals surface area contributed by atoms with Gasteiger partial charge in [0.1, 0.15) is 5.75 Å². The van der Waals surface area contributed by atoms with Crippen LogP contribution in [0.4, 0.5) is 0 Å². The van der Waals surface area contributed by atoms with E-state index in [0.717, 1.165) is 0 Å². The Morgan fingerprint density at radius 2 is 2.12 bits per heavy atom. The van der Waals surface area contributed by atoms with Gasteiger partial charge in [0.2, 0.25) is 0 Å². The Morgan fingerprint density at radius 1 is 1.41 bits per heavy atom. The summed E-state index contributed by atoms with van der Waals surface area (Å²) in [6.45, 7) is 2.49. The number of rotatable bonds is 2. The molecule has 0 aromatic heterocycles. The smallest absolute Gasteiger partial charge is 0.255 e. The van der Waals surface area contributed by atoms with Crippen molar-refractivity contribution in [1.82, 2.24) is 4.90 Å². The van der Waals surface area contributed by atoms with Gasteiger partial charge in [0.15, 0.2) is 0 Å². The monoisotopic (exact) mass is 299 g/mol. The number of nitrogens with zero attached hydrogens (tertiary/aromatic N) is 1. The second kappa shape index (κ2) is 5.51. The Kier molecular flexibility index (Phi) is 4.02. The van der Waals surface area contributed by atoms with Gasteiger partial charge in [-0.1, -0.05) is 6.07 Å². The van der Waals surface area contributed by atoms with Crippen LogP contribution < -0.4 is 4.74 Å². The van der Waals surface area contributed by atoms with Crippen molar-refractivity contribution in [2.45, 2.75) is 0 Å². The van der Waals surface area contributed by atoms with E-state index in [2.05, 4.69) is 15.9 Å². The number of carbonyl (C=O) groups is 1. The Labute approximate surface area is 109 Å². The van der Waals surface area contributed by atoms with E-state index in [1.165, 1.54) is 0 Å². The van der Waals surface area contributed by atoms with Crippen molar-refractivity contribution in [3.05, 3.63) is 28.2 Å². The molecule has 1 heterocycles. The van der Waals surface area contributed by atoms with Crippen LogP contribution in [0.2, 0.25) is 0 Å². The normalized spacial score (nSPS) is 15.8. The summed E-state index contributed by atoms with van der Waals surface area (Å²) in [4.78, 5) is 14.1. The Hall–Kier alpha value is -1.07. The summed E-state index contributed by atoms with van der Waals surface area (Å²) < 4.78 is 11.1. The van der Waals surface area contributed by atoms with Crippen LogP contribution in [0, 0.1) is 0 Å². The van der Waals surface area contributed by atoms with Gasteiger partial charge in [-0.2, -0.15) is 0 Å². The number of amides is 1. The molecule has 1 amide bonds. The molecular weight excluding hydrogens is 286 g/mol. The van der Waals surface area contributed by atoms with Crippen molar-refractivity contribution in [3.63, 3.8) is 0 Å². The minimum atomic E-state index is 0.0130. The Bertz CT molecular complexity index is 416. The quantitative estimate of drug-likeness (QED) is 0.838. The highest BCUT2D eigenvalue weighted by atomic mass is 79.9. The van der Waals surface area contributed by atoms with Crippen molar-refractivity contribution >= 4 is 21.8 Å². The SMILES string of the molecule is COc1cccc(C(=O)N2CCOCC2)c1Br. The fourth-order valence-electron chi connectivity index (χ4n) is 1.77. The van der Waals surface area contributed by atoms with Crippen LogP contribution in [-0.4, -0.2) is 44.2 Å². The average Bonchev–Trinajstić information content (AvgIpc) is 2.39. The zero-order valence-electron chi connectivity index (χ0n) is 9.61. The molecule has 1 aliphatic heterocycles. The average molecular weight is 300 g/mol. The fraction of sp³-hybridized carbons (Fsp3) is 0.417. The Balaban J connectivity index is 2.23. The van der Waals surface area contributed by atoms with Gasteiger partial charge in [0.25, 0.3) is 5.91 Å². The van der Waals surface area contributed by atoms with E-state index in [-0.39, 0.29) is 5.91 Å². The molecule has 0 bridgehead atoms. The second-order valence-corrected chi connectivity index (χ2v) is 4.52. The van der Waals surface area contributed by atoms with E-state index in [0.29, 0.717) is 42.1 Å². The van der Waals surface area contributed by atoms with Gasteiger partial charge in [-0.25, -0.2) is 0 Å². The van der Waals surface area contributed by atoms with Crippen LogP contribution in [0.5, 0.6) is 5.75 Å². The minimum Gasteiger partial charge on any atom is -0.496 e. The first-order chi connectivity index (χ1) is 8.24.